The van der Waals surface area contributed by atoms with Gasteiger partial charge in [0.15, 0.2) is 0 Å². The molecule has 576 valence electrons. The molecule has 0 N–H and O–H groups in total. The number of aryl methyl sites for hydroxylation is 10. The lowest BCUT2D eigenvalue weighted by molar-refractivity contribution is -0.119. The molecule has 4 aliphatic carbocycles. The number of ether oxygens (including phenoxy) is 1. The van der Waals surface area contributed by atoms with Gasteiger partial charge >= 0.3 is 0 Å². The van der Waals surface area contributed by atoms with Crippen LogP contribution in [0.2, 0.25) is 0 Å². The smallest absolute Gasteiger partial charge is 0.253 e. The van der Waals surface area contributed by atoms with Crippen molar-refractivity contribution in [1.29, 1.82) is 5.26 Å². The Bertz CT molecular complexity index is 5920. The largest absolute Gasteiger partial charge is 0.486 e. The van der Waals surface area contributed by atoms with Crippen molar-refractivity contribution >= 4 is 23.1 Å². The highest BCUT2D eigenvalue weighted by Crippen LogP contribution is 2.40. The second-order valence-electron chi connectivity index (χ2n) is 30.6. The summed E-state index contributed by atoms with van der Waals surface area (Å²) in [4.78, 5) is 101. The maximum atomic E-state index is 13.3. The molecular formula is C97H90F2N6O9. The number of hydrogen-bond acceptors (Lipinski definition) is 11. The molecular weight excluding hydrogens is 1430 g/mol. The molecule has 0 aliphatic heterocycles. The maximum Gasteiger partial charge on any atom is 0.253 e. The number of nitriles is 1. The molecule has 7 aromatic carbocycles. The van der Waals surface area contributed by atoms with Crippen molar-refractivity contribution in [2.24, 2.45) is 28.2 Å². The molecule has 5 heterocycles. The Kier molecular flexibility index (Phi) is 24.0. The second-order valence-corrected chi connectivity index (χ2v) is 30.6. The molecule has 16 rings (SSSR count). The molecule has 0 fully saturated rings. The SMILES string of the molecule is Cc1cc(-c2cc3c(c(OC(C)c4cccnc4)c2)CC(=O)CC3)cn(C)c1=O.Cc1cc(-c2cc3c(cc2Cc2ccc(F)cc2)CC(=O)CC3)cn(C)c1=O.Cc1cc(-c2ccc3c(c2Cc2ccc(F)cc2)CCC(=O)C3)cn(C)c1=O.Cc1cc(-c2ccc3c(c2Cc2ccccc2C#N)CCC(=O)C3)cn(C)c1=O. The highest BCUT2D eigenvalue weighted by Gasteiger charge is 2.28. The fraction of sp³-hybridized carbons (Fsp3) is 0.258. The van der Waals surface area contributed by atoms with Crippen LogP contribution in [0.15, 0.2) is 214 Å². The molecule has 0 bridgehead atoms. The number of fused-ring (bicyclic) bond motifs is 4. The van der Waals surface area contributed by atoms with Crippen LogP contribution in [0.3, 0.4) is 0 Å². The summed E-state index contributed by atoms with van der Waals surface area (Å²) >= 11 is 0. The van der Waals surface area contributed by atoms with Crippen LogP contribution in [0.5, 0.6) is 5.75 Å². The minimum absolute atomic E-state index is 0.000944. The topological polar surface area (TPSA) is 202 Å². The number of pyridine rings is 5. The van der Waals surface area contributed by atoms with Crippen LogP contribution in [0.1, 0.15) is 150 Å². The Labute approximate surface area is 661 Å². The van der Waals surface area contributed by atoms with Gasteiger partial charge in [-0.3, -0.25) is 43.3 Å². The van der Waals surface area contributed by atoms with Crippen molar-refractivity contribution < 1.29 is 32.7 Å². The van der Waals surface area contributed by atoms with Crippen molar-refractivity contribution in [3.63, 3.8) is 0 Å². The first-order valence-corrected chi connectivity index (χ1v) is 38.6. The van der Waals surface area contributed by atoms with Gasteiger partial charge in [-0.25, -0.2) is 8.78 Å². The average molecular weight is 1520 g/mol. The summed E-state index contributed by atoms with van der Waals surface area (Å²) in [7, 11) is 7.05. The van der Waals surface area contributed by atoms with Crippen LogP contribution in [0.4, 0.5) is 8.78 Å². The molecule has 17 heteroatoms. The third-order valence-electron chi connectivity index (χ3n) is 22.3. The van der Waals surface area contributed by atoms with E-state index in [1.807, 2.05) is 138 Å². The van der Waals surface area contributed by atoms with Gasteiger partial charge in [-0.1, -0.05) is 91.0 Å². The van der Waals surface area contributed by atoms with Crippen LogP contribution in [0.25, 0.3) is 44.5 Å². The van der Waals surface area contributed by atoms with Gasteiger partial charge < -0.3 is 23.0 Å². The molecule has 4 aliphatic rings. The van der Waals surface area contributed by atoms with E-state index in [-0.39, 0.29) is 63.1 Å². The molecule has 1 atom stereocenters. The summed E-state index contributed by atoms with van der Waals surface area (Å²) in [6, 6.07) is 51.1. The number of benzene rings is 7. The third kappa shape index (κ3) is 18.1. The predicted molar refractivity (Wildman–Crippen MR) is 441 cm³/mol. The predicted octanol–water partition coefficient (Wildman–Crippen LogP) is 16.1. The van der Waals surface area contributed by atoms with E-state index in [1.165, 1.54) is 41.0 Å². The fourth-order valence-electron chi connectivity index (χ4n) is 16.2. The summed E-state index contributed by atoms with van der Waals surface area (Å²) in [5.74, 6) is 1.27. The van der Waals surface area contributed by atoms with E-state index in [4.69, 9.17) is 4.74 Å². The lowest BCUT2D eigenvalue weighted by Gasteiger charge is -2.23. The highest BCUT2D eigenvalue weighted by atomic mass is 19.1. The number of rotatable bonds is 13. The molecule has 0 saturated heterocycles. The summed E-state index contributed by atoms with van der Waals surface area (Å²) in [5.41, 5.74) is 27.9. The summed E-state index contributed by atoms with van der Waals surface area (Å²) in [6.07, 6.45) is 19.7. The first-order valence-electron chi connectivity index (χ1n) is 38.6. The van der Waals surface area contributed by atoms with Gasteiger partial charge in [0.05, 0.1) is 11.6 Å². The highest BCUT2D eigenvalue weighted by molar-refractivity contribution is 5.88. The number of ketones is 4. The molecule has 0 spiro atoms. The number of carbonyl (C=O) groups excluding carboxylic acids is 4. The molecule has 1 unspecified atom stereocenters. The second kappa shape index (κ2) is 34.5. The third-order valence-corrected chi connectivity index (χ3v) is 22.3. The Balaban J connectivity index is 0.000000133. The molecule has 0 amide bonds. The van der Waals surface area contributed by atoms with Gasteiger partial charge in [-0.2, -0.15) is 5.26 Å². The van der Waals surface area contributed by atoms with Gasteiger partial charge in [-0.05, 0) is 263 Å². The van der Waals surface area contributed by atoms with E-state index >= 15 is 0 Å². The standard InChI is InChI=1S/C25H22N2O2.2C24H22FNO2.C24H24N2O3/c1-16-11-20(15-27(2)25(16)29)23-9-7-18-12-21(28)8-10-22(18)24(23)13-17-5-3-4-6-19(17)14-26;1-15-11-18(14-26(2)24(15)28)22-9-5-17-13-20(27)8-10-21(17)23(22)12-16-3-6-19(25)7-4-16;1-15-9-20(14-26(2)24(15)28)23-13-17-5-8-22(27)12-18(17)11-19(23)10-16-3-6-21(25)7-4-16;1-15-9-20(14-26(3)24(15)28)19-10-17-6-7-21(27)12-22(17)23(11-19)29-16(2)18-5-4-8-25-13-18/h3-7,9,11,15H,8,10,12-13H2,1-2H3;3-7,9,11,14H,8,10,12-13H2,1-2H3;3-4,6-7,9,11,13-14H,5,8,10,12H2,1-2H3;4-5,8-11,13-14,16H,6-7,12H2,1-3H3. The number of carbonyl (C=O) groups is 4. The molecule has 12 aromatic rings. The van der Waals surface area contributed by atoms with Crippen LogP contribution in [-0.4, -0.2) is 46.4 Å². The zero-order valence-corrected chi connectivity index (χ0v) is 65.8. The number of halogens is 2. The Morgan fingerprint density at radius 1 is 0.412 bits per heavy atom. The van der Waals surface area contributed by atoms with Crippen molar-refractivity contribution in [1.82, 2.24) is 23.3 Å². The van der Waals surface area contributed by atoms with E-state index in [1.54, 1.807) is 83.1 Å². The Morgan fingerprint density at radius 2 is 0.868 bits per heavy atom. The number of nitrogens with zero attached hydrogens (tertiary/aromatic N) is 6. The lowest BCUT2D eigenvalue weighted by atomic mass is 9.81. The van der Waals surface area contributed by atoms with Gasteiger partial charge in [0.2, 0.25) is 0 Å². The average Bonchev–Trinajstić information content (AvgIpc) is 0.728. The zero-order chi connectivity index (χ0) is 80.8. The fourth-order valence-corrected chi connectivity index (χ4v) is 16.2. The van der Waals surface area contributed by atoms with E-state index in [0.29, 0.717) is 105 Å². The molecule has 15 nitrogen and oxygen atoms in total. The molecule has 114 heavy (non-hydrogen) atoms. The van der Waals surface area contributed by atoms with E-state index in [2.05, 4.69) is 41.4 Å². The van der Waals surface area contributed by atoms with Crippen molar-refractivity contribution in [3.05, 3.63) is 359 Å². The molecule has 0 saturated carbocycles. The van der Waals surface area contributed by atoms with Crippen LogP contribution in [0, 0.1) is 50.7 Å². The number of hydrogen-bond donors (Lipinski definition) is 0. The van der Waals surface area contributed by atoms with Crippen molar-refractivity contribution in [2.45, 2.75) is 137 Å². The Hall–Kier alpha value is -12.7. The van der Waals surface area contributed by atoms with Crippen molar-refractivity contribution in [3.8, 4) is 56.3 Å². The first-order chi connectivity index (χ1) is 54.7. The first kappa shape index (κ1) is 79.4. The van der Waals surface area contributed by atoms with Gasteiger partial charge in [0, 0.05) is 150 Å². The zero-order valence-electron chi connectivity index (χ0n) is 65.8. The van der Waals surface area contributed by atoms with Crippen molar-refractivity contribution in [2.75, 3.05) is 0 Å². The van der Waals surface area contributed by atoms with Gasteiger partial charge in [-0.15, -0.1) is 0 Å². The monoisotopic (exact) mass is 1520 g/mol. The number of aromatic nitrogens is 5. The minimum Gasteiger partial charge on any atom is -0.486 e. The summed E-state index contributed by atoms with van der Waals surface area (Å²) < 4.78 is 39.4. The quantitative estimate of drug-likeness (QED) is 0.106. The van der Waals surface area contributed by atoms with E-state index < -0.39 is 0 Å². The Morgan fingerprint density at radius 3 is 1.38 bits per heavy atom. The molecule has 5 aromatic heterocycles. The number of Topliss-reactive ketones (excluding diaryl/α,β-unsaturated/α-hetero) is 4. The lowest BCUT2D eigenvalue weighted by Crippen LogP contribution is -2.19. The van der Waals surface area contributed by atoms with Gasteiger partial charge in [0.25, 0.3) is 22.2 Å². The van der Waals surface area contributed by atoms with Crippen LogP contribution in [-0.2, 0) is 118 Å². The minimum atomic E-state index is -0.256. The summed E-state index contributed by atoms with van der Waals surface area (Å²) in [5, 5.41) is 9.53. The summed E-state index contributed by atoms with van der Waals surface area (Å²) in [6.45, 7) is 9.28. The van der Waals surface area contributed by atoms with Crippen LogP contribution < -0.4 is 27.0 Å². The normalized spacial score (nSPS) is 13.6. The van der Waals surface area contributed by atoms with Gasteiger partial charge in [0.1, 0.15) is 46.6 Å². The molecule has 0 radical (unpaired) electrons. The van der Waals surface area contributed by atoms with E-state index in [0.717, 1.165) is 136 Å². The van der Waals surface area contributed by atoms with E-state index in [9.17, 15) is 52.4 Å². The van der Waals surface area contributed by atoms with Crippen LogP contribution >= 0.6 is 0 Å². The maximum absolute atomic E-state index is 13.3.